The fourth-order valence-electron chi connectivity index (χ4n) is 2.09. The molecule has 114 valence electrons. The van der Waals surface area contributed by atoms with Crippen molar-refractivity contribution in [3.8, 4) is 0 Å². The van der Waals surface area contributed by atoms with Crippen LogP contribution < -0.4 is 5.32 Å². The fourth-order valence-corrected chi connectivity index (χ4v) is 2.26. The molecule has 1 N–H and O–H groups in total. The highest BCUT2D eigenvalue weighted by atomic mass is 35.5. The molecule has 0 unspecified atom stereocenters. The van der Waals surface area contributed by atoms with Crippen molar-refractivity contribution in [2.24, 2.45) is 0 Å². The number of anilines is 1. The molecular formula is C19H20ClNO. The summed E-state index contributed by atoms with van der Waals surface area (Å²) >= 11 is 5.96. The molecule has 0 saturated heterocycles. The van der Waals surface area contributed by atoms with Gasteiger partial charge in [-0.2, -0.15) is 0 Å². The van der Waals surface area contributed by atoms with Crippen LogP contribution in [0.5, 0.6) is 0 Å². The van der Waals surface area contributed by atoms with Gasteiger partial charge < -0.3 is 5.32 Å². The second-order valence-corrected chi connectivity index (χ2v) is 6.01. The van der Waals surface area contributed by atoms with Gasteiger partial charge in [0.05, 0.1) is 0 Å². The third-order valence-electron chi connectivity index (χ3n) is 3.54. The standard InChI is InChI=1S/C19H20ClNO/c1-13(2)15-5-7-16(8-6-15)19(22)10-11-21-18-12-17(20)9-4-14(18)3/h4-13,21H,1-3H3/b11-10+. The van der Waals surface area contributed by atoms with Crippen LogP contribution >= 0.6 is 11.6 Å². The number of carbonyl (C=O) groups is 1. The maximum Gasteiger partial charge on any atom is 0.187 e. The Hall–Kier alpha value is -2.06. The topological polar surface area (TPSA) is 29.1 Å². The third kappa shape index (κ3) is 4.22. The second kappa shape index (κ2) is 7.28. The van der Waals surface area contributed by atoms with E-state index >= 15 is 0 Å². The summed E-state index contributed by atoms with van der Waals surface area (Å²) in [5, 5.41) is 3.76. The Morgan fingerprint density at radius 1 is 1.14 bits per heavy atom. The molecule has 22 heavy (non-hydrogen) atoms. The van der Waals surface area contributed by atoms with Gasteiger partial charge in [0, 0.05) is 28.5 Å². The van der Waals surface area contributed by atoms with Crippen LogP contribution in [0.3, 0.4) is 0 Å². The van der Waals surface area contributed by atoms with Crippen LogP contribution in [0.1, 0.15) is 41.3 Å². The van der Waals surface area contributed by atoms with Gasteiger partial charge in [-0.3, -0.25) is 4.79 Å². The molecule has 2 aromatic rings. The van der Waals surface area contributed by atoms with E-state index in [2.05, 4.69) is 19.2 Å². The third-order valence-corrected chi connectivity index (χ3v) is 3.77. The van der Waals surface area contributed by atoms with Crippen molar-refractivity contribution in [3.63, 3.8) is 0 Å². The molecule has 0 heterocycles. The molecule has 0 saturated carbocycles. The van der Waals surface area contributed by atoms with Gasteiger partial charge in [0.2, 0.25) is 0 Å². The normalized spacial score (nSPS) is 11.1. The van der Waals surface area contributed by atoms with Crippen molar-refractivity contribution in [2.45, 2.75) is 26.7 Å². The Labute approximate surface area is 136 Å². The van der Waals surface area contributed by atoms with E-state index in [0.29, 0.717) is 16.5 Å². The monoisotopic (exact) mass is 313 g/mol. The number of rotatable bonds is 5. The lowest BCUT2D eigenvalue weighted by Crippen LogP contribution is -1.98. The number of carbonyl (C=O) groups excluding carboxylic acids is 1. The van der Waals surface area contributed by atoms with Gasteiger partial charge in [-0.1, -0.05) is 55.8 Å². The van der Waals surface area contributed by atoms with Gasteiger partial charge >= 0.3 is 0 Å². The lowest BCUT2D eigenvalue weighted by molar-refractivity contribution is 0.104. The van der Waals surface area contributed by atoms with Crippen molar-refractivity contribution in [1.82, 2.24) is 0 Å². The molecule has 2 nitrogen and oxygen atoms in total. The van der Waals surface area contributed by atoms with Gasteiger partial charge in [-0.05, 0) is 36.1 Å². The van der Waals surface area contributed by atoms with Gasteiger partial charge in [0.15, 0.2) is 5.78 Å². The molecule has 3 heteroatoms. The zero-order valence-electron chi connectivity index (χ0n) is 13.1. The minimum Gasteiger partial charge on any atom is -0.361 e. The number of allylic oxidation sites excluding steroid dienone is 1. The first-order valence-electron chi connectivity index (χ1n) is 7.31. The first-order valence-corrected chi connectivity index (χ1v) is 7.68. The molecule has 0 fully saturated rings. The molecule has 0 amide bonds. The van der Waals surface area contributed by atoms with Crippen molar-refractivity contribution < 1.29 is 4.79 Å². The smallest absolute Gasteiger partial charge is 0.187 e. The summed E-state index contributed by atoms with van der Waals surface area (Å²) in [4.78, 5) is 12.1. The van der Waals surface area contributed by atoms with E-state index < -0.39 is 0 Å². The number of aryl methyl sites for hydroxylation is 1. The summed E-state index contributed by atoms with van der Waals surface area (Å²) in [5.41, 5.74) is 3.88. The molecule has 0 aliphatic carbocycles. The van der Waals surface area contributed by atoms with E-state index in [4.69, 9.17) is 11.6 Å². The quantitative estimate of drug-likeness (QED) is 0.576. The molecular weight excluding hydrogens is 294 g/mol. The number of ketones is 1. The van der Waals surface area contributed by atoms with Crippen LogP contribution in [-0.4, -0.2) is 5.78 Å². The SMILES string of the molecule is Cc1ccc(Cl)cc1N/C=C/C(=O)c1ccc(C(C)C)cc1. The molecule has 0 atom stereocenters. The minimum absolute atomic E-state index is 0.0255. The number of nitrogens with one attached hydrogen (secondary N) is 1. The average molecular weight is 314 g/mol. The Bertz CT molecular complexity index is 687. The average Bonchev–Trinajstić information content (AvgIpc) is 2.50. The molecule has 0 radical (unpaired) electrons. The number of hydrogen-bond acceptors (Lipinski definition) is 2. The van der Waals surface area contributed by atoms with Crippen molar-refractivity contribution in [2.75, 3.05) is 5.32 Å². The molecule has 0 aromatic heterocycles. The first-order chi connectivity index (χ1) is 10.5. The van der Waals surface area contributed by atoms with E-state index in [9.17, 15) is 4.79 Å². The lowest BCUT2D eigenvalue weighted by Gasteiger charge is -2.06. The number of halogens is 1. The molecule has 2 rings (SSSR count). The van der Waals surface area contributed by atoms with E-state index in [1.165, 1.54) is 11.6 Å². The van der Waals surface area contributed by atoms with E-state index in [1.54, 1.807) is 6.20 Å². The molecule has 0 aliphatic heterocycles. The number of hydrogen-bond donors (Lipinski definition) is 1. The highest BCUT2D eigenvalue weighted by Gasteiger charge is 2.04. The molecule has 0 bridgehead atoms. The number of benzene rings is 2. The summed E-state index contributed by atoms with van der Waals surface area (Å²) < 4.78 is 0. The summed E-state index contributed by atoms with van der Waals surface area (Å²) in [5.74, 6) is 0.439. The molecule has 0 spiro atoms. The predicted molar refractivity (Wildman–Crippen MR) is 93.8 cm³/mol. The van der Waals surface area contributed by atoms with E-state index in [0.717, 1.165) is 11.3 Å². The summed E-state index contributed by atoms with van der Waals surface area (Å²) in [6.07, 6.45) is 3.18. The summed E-state index contributed by atoms with van der Waals surface area (Å²) in [6, 6.07) is 13.3. The van der Waals surface area contributed by atoms with Crippen LogP contribution in [0.25, 0.3) is 0 Å². The highest BCUT2D eigenvalue weighted by molar-refractivity contribution is 6.30. The largest absolute Gasteiger partial charge is 0.361 e. The second-order valence-electron chi connectivity index (χ2n) is 5.58. The maximum absolute atomic E-state index is 12.1. The van der Waals surface area contributed by atoms with Crippen LogP contribution in [0.2, 0.25) is 5.02 Å². The highest BCUT2D eigenvalue weighted by Crippen LogP contribution is 2.20. The van der Waals surface area contributed by atoms with E-state index in [-0.39, 0.29) is 5.78 Å². The van der Waals surface area contributed by atoms with Gasteiger partial charge in [-0.25, -0.2) is 0 Å². The predicted octanol–water partition coefficient (Wildman–Crippen LogP) is 5.58. The van der Waals surface area contributed by atoms with Crippen LogP contribution in [0, 0.1) is 6.92 Å². The lowest BCUT2D eigenvalue weighted by atomic mass is 10.0. The Kier molecular flexibility index (Phi) is 5.40. The van der Waals surface area contributed by atoms with Crippen molar-refractivity contribution >= 4 is 23.1 Å². The zero-order valence-corrected chi connectivity index (χ0v) is 13.8. The van der Waals surface area contributed by atoms with Crippen LogP contribution in [0.4, 0.5) is 5.69 Å². The molecule has 0 aliphatic rings. The van der Waals surface area contributed by atoms with E-state index in [1.807, 2.05) is 49.4 Å². The van der Waals surface area contributed by atoms with Crippen molar-refractivity contribution in [3.05, 3.63) is 76.5 Å². The van der Waals surface area contributed by atoms with Gasteiger partial charge in [-0.15, -0.1) is 0 Å². The Morgan fingerprint density at radius 2 is 1.82 bits per heavy atom. The summed E-state index contributed by atoms with van der Waals surface area (Å²) in [6.45, 7) is 6.25. The maximum atomic E-state index is 12.1. The zero-order chi connectivity index (χ0) is 16.1. The van der Waals surface area contributed by atoms with Crippen LogP contribution in [0.15, 0.2) is 54.7 Å². The van der Waals surface area contributed by atoms with Crippen LogP contribution in [-0.2, 0) is 0 Å². The van der Waals surface area contributed by atoms with Gasteiger partial charge in [0.1, 0.15) is 0 Å². The first kappa shape index (κ1) is 16.3. The minimum atomic E-state index is -0.0255. The Balaban J connectivity index is 2.03. The fraction of sp³-hybridized carbons (Fsp3) is 0.211. The van der Waals surface area contributed by atoms with Crippen molar-refractivity contribution in [1.29, 1.82) is 0 Å². The Morgan fingerprint density at radius 3 is 2.45 bits per heavy atom. The summed E-state index contributed by atoms with van der Waals surface area (Å²) in [7, 11) is 0. The van der Waals surface area contributed by atoms with Gasteiger partial charge in [0.25, 0.3) is 0 Å². The molecule has 2 aromatic carbocycles.